The molecule has 1 aromatic heterocycles. The van der Waals surface area contributed by atoms with Crippen molar-refractivity contribution in [1.29, 1.82) is 0 Å². The average molecular weight is 393 g/mol. The maximum Gasteiger partial charge on any atom is 0.255 e. The van der Waals surface area contributed by atoms with Crippen LogP contribution in [-0.2, 0) is 5.75 Å². The average Bonchev–Trinajstić information content (AvgIpc) is 3.11. The zero-order valence-corrected chi connectivity index (χ0v) is 15.9. The standard InChI is InChI=1S/C21H16N2O2S2/c24-18-7-3-1-5-16(18)22-20(25)15-11-9-14(10-12-15)13-26-21-23-17-6-2-4-8-19(17)27-21/h1-12,24H,13H2,(H,22,25). The monoisotopic (exact) mass is 392 g/mol. The van der Waals surface area contributed by atoms with Crippen LogP contribution in [0.3, 0.4) is 0 Å². The second-order valence-electron chi connectivity index (χ2n) is 5.90. The summed E-state index contributed by atoms with van der Waals surface area (Å²) in [6, 6.07) is 22.3. The zero-order chi connectivity index (χ0) is 18.6. The van der Waals surface area contributed by atoms with E-state index >= 15 is 0 Å². The highest BCUT2D eigenvalue weighted by atomic mass is 32.2. The van der Waals surface area contributed by atoms with E-state index < -0.39 is 0 Å². The van der Waals surface area contributed by atoms with Gasteiger partial charge in [0, 0.05) is 11.3 Å². The Kier molecular flexibility index (Phi) is 5.09. The first-order chi connectivity index (χ1) is 13.2. The Hall–Kier alpha value is -2.83. The van der Waals surface area contributed by atoms with Gasteiger partial charge in [0.25, 0.3) is 5.91 Å². The summed E-state index contributed by atoms with van der Waals surface area (Å²) >= 11 is 3.38. The van der Waals surface area contributed by atoms with Crippen molar-refractivity contribution in [2.45, 2.75) is 10.1 Å². The smallest absolute Gasteiger partial charge is 0.255 e. The molecule has 0 spiro atoms. The van der Waals surface area contributed by atoms with Gasteiger partial charge in [0.2, 0.25) is 0 Å². The van der Waals surface area contributed by atoms with E-state index in [-0.39, 0.29) is 11.7 Å². The van der Waals surface area contributed by atoms with E-state index in [9.17, 15) is 9.90 Å². The molecule has 0 saturated carbocycles. The lowest BCUT2D eigenvalue weighted by Crippen LogP contribution is -2.11. The van der Waals surface area contributed by atoms with Crippen LogP contribution in [0.5, 0.6) is 5.75 Å². The summed E-state index contributed by atoms with van der Waals surface area (Å²) in [6.45, 7) is 0. The highest BCUT2D eigenvalue weighted by Gasteiger charge is 2.09. The van der Waals surface area contributed by atoms with Crippen LogP contribution in [0.25, 0.3) is 10.2 Å². The van der Waals surface area contributed by atoms with Crippen LogP contribution in [-0.4, -0.2) is 16.0 Å². The number of phenols is 1. The van der Waals surface area contributed by atoms with Crippen LogP contribution in [0.1, 0.15) is 15.9 Å². The Morgan fingerprint density at radius 3 is 2.52 bits per heavy atom. The molecular weight excluding hydrogens is 376 g/mol. The summed E-state index contributed by atoms with van der Waals surface area (Å²) < 4.78 is 2.23. The van der Waals surface area contributed by atoms with Crippen molar-refractivity contribution >= 4 is 44.9 Å². The zero-order valence-electron chi connectivity index (χ0n) is 14.3. The highest BCUT2D eigenvalue weighted by Crippen LogP contribution is 2.31. The number of para-hydroxylation sites is 3. The van der Waals surface area contributed by atoms with Crippen molar-refractivity contribution in [2.75, 3.05) is 5.32 Å². The molecule has 0 saturated heterocycles. The molecule has 1 amide bonds. The fourth-order valence-corrected chi connectivity index (χ4v) is 4.61. The third-order valence-corrected chi connectivity index (χ3v) is 6.26. The molecule has 0 aliphatic rings. The molecule has 134 valence electrons. The van der Waals surface area contributed by atoms with Gasteiger partial charge >= 0.3 is 0 Å². The number of benzene rings is 3. The normalized spacial score (nSPS) is 10.8. The Bertz CT molecular complexity index is 1060. The predicted octanol–water partition coefficient (Wildman–Crippen LogP) is 5.55. The molecule has 6 heteroatoms. The summed E-state index contributed by atoms with van der Waals surface area (Å²) in [5.74, 6) is 0.595. The van der Waals surface area contributed by atoms with Gasteiger partial charge in [0.1, 0.15) is 5.75 Å². The Morgan fingerprint density at radius 2 is 1.74 bits per heavy atom. The lowest BCUT2D eigenvalue weighted by atomic mass is 10.1. The number of thiazole rings is 1. The lowest BCUT2D eigenvalue weighted by molar-refractivity contribution is 0.102. The van der Waals surface area contributed by atoms with E-state index in [1.165, 1.54) is 10.8 Å². The molecule has 0 atom stereocenters. The number of rotatable bonds is 5. The first-order valence-electron chi connectivity index (χ1n) is 8.36. The van der Waals surface area contributed by atoms with E-state index in [1.54, 1.807) is 53.4 Å². The van der Waals surface area contributed by atoms with E-state index in [4.69, 9.17) is 0 Å². The molecule has 27 heavy (non-hydrogen) atoms. The predicted molar refractivity (Wildman–Crippen MR) is 112 cm³/mol. The number of nitrogens with one attached hydrogen (secondary N) is 1. The van der Waals surface area contributed by atoms with Gasteiger partial charge in [-0.3, -0.25) is 4.79 Å². The Morgan fingerprint density at radius 1 is 1.00 bits per heavy atom. The molecule has 4 aromatic rings. The highest BCUT2D eigenvalue weighted by molar-refractivity contribution is 8.00. The largest absolute Gasteiger partial charge is 0.506 e. The maximum absolute atomic E-state index is 12.3. The second-order valence-corrected chi connectivity index (χ2v) is 8.16. The van der Waals surface area contributed by atoms with Crippen molar-refractivity contribution < 1.29 is 9.90 Å². The summed E-state index contributed by atoms with van der Waals surface area (Å²) in [5.41, 5.74) is 3.10. The summed E-state index contributed by atoms with van der Waals surface area (Å²) in [5, 5.41) is 12.5. The van der Waals surface area contributed by atoms with Crippen LogP contribution >= 0.6 is 23.1 Å². The van der Waals surface area contributed by atoms with Gasteiger partial charge in [-0.1, -0.05) is 48.2 Å². The molecular formula is C21H16N2O2S2. The number of carbonyl (C=O) groups excluding carboxylic acids is 1. The van der Waals surface area contributed by atoms with E-state index in [2.05, 4.69) is 16.4 Å². The van der Waals surface area contributed by atoms with E-state index in [0.717, 1.165) is 21.2 Å². The number of anilines is 1. The fraction of sp³-hybridized carbons (Fsp3) is 0.0476. The van der Waals surface area contributed by atoms with Gasteiger partial charge < -0.3 is 10.4 Å². The number of aromatic hydroxyl groups is 1. The van der Waals surface area contributed by atoms with Crippen LogP contribution < -0.4 is 5.32 Å². The van der Waals surface area contributed by atoms with Gasteiger partial charge in [0.05, 0.1) is 15.9 Å². The Labute approximate surface area is 164 Å². The molecule has 0 bridgehead atoms. The third kappa shape index (κ3) is 4.13. The topological polar surface area (TPSA) is 62.2 Å². The number of hydrogen-bond donors (Lipinski definition) is 2. The molecule has 3 aromatic carbocycles. The first kappa shape index (κ1) is 17.6. The maximum atomic E-state index is 12.3. The van der Waals surface area contributed by atoms with Crippen LogP contribution in [0.4, 0.5) is 5.69 Å². The quantitative estimate of drug-likeness (QED) is 0.345. The van der Waals surface area contributed by atoms with Crippen LogP contribution in [0.15, 0.2) is 77.1 Å². The number of phenolic OH excluding ortho intramolecular Hbond substituents is 1. The van der Waals surface area contributed by atoms with Gasteiger partial charge in [-0.15, -0.1) is 11.3 Å². The lowest BCUT2D eigenvalue weighted by Gasteiger charge is -2.07. The Balaban J connectivity index is 1.39. The van der Waals surface area contributed by atoms with E-state index in [1.807, 2.05) is 30.3 Å². The molecule has 1 heterocycles. The van der Waals surface area contributed by atoms with Crippen molar-refractivity contribution in [1.82, 2.24) is 4.98 Å². The minimum Gasteiger partial charge on any atom is -0.506 e. The minimum atomic E-state index is -0.248. The van der Waals surface area contributed by atoms with Crippen molar-refractivity contribution in [3.05, 3.63) is 83.9 Å². The minimum absolute atomic E-state index is 0.0507. The van der Waals surface area contributed by atoms with Gasteiger partial charge in [0.15, 0.2) is 4.34 Å². The molecule has 0 fully saturated rings. The van der Waals surface area contributed by atoms with E-state index in [0.29, 0.717) is 11.3 Å². The van der Waals surface area contributed by atoms with Crippen molar-refractivity contribution in [3.8, 4) is 5.75 Å². The van der Waals surface area contributed by atoms with Gasteiger partial charge in [-0.05, 0) is 42.0 Å². The number of fused-ring (bicyclic) bond motifs is 1. The fourth-order valence-electron chi connectivity index (χ4n) is 2.58. The molecule has 4 nitrogen and oxygen atoms in total. The SMILES string of the molecule is O=C(Nc1ccccc1O)c1ccc(CSc2nc3ccccc3s2)cc1. The van der Waals surface area contributed by atoms with Gasteiger partial charge in [-0.2, -0.15) is 0 Å². The van der Waals surface area contributed by atoms with Crippen molar-refractivity contribution in [2.24, 2.45) is 0 Å². The number of thioether (sulfide) groups is 1. The summed E-state index contributed by atoms with van der Waals surface area (Å²) in [6.07, 6.45) is 0. The first-order valence-corrected chi connectivity index (χ1v) is 10.2. The molecule has 0 unspecified atom stereocenters. The number of amides is 1. The molecule has 0 radical (unpaired) electrons. The number of carbonyl (C=O) groups is 1. The van der Waals surface area contributed by atoms with Crippen LogP contribution in [0.2, 0.25) is 0 Å². The third-order valence-electron chi connectivity index (χ3n) is 4.00. The van der Waals surface area contributed by atoms with Crippen molar-refractivity contribution in [3.63, 3.8) is 0 Å². The number of nitrogens with zero attached hydrogens (tertiary/aromatic N) is 1. The summed E-state index contributed by atoms with van der Waals surface area (Å²) in [4.78, 5) is 16.9. The summed E-state index contributed by atoms with van der Waals surface area (Å²) in [7, 11) is 0. The van der Waals surface area contributed by atoms with Crippen LogP contribution in [0, 0.1) is 0 Å². The number of aromatic nitrogens is 1. The molecule has 0 aliphatic heterocycles. The molecule has 4 rings (SSSR count). The van der Waals surface area contributed by atoms with Gasteiger partial charge in [-0.25, -0.2) is 4.98 Å². The molecule has 2 N–H and O–H groups in total. The molecule has 0 aliphatic carbocycles. The number of hydrogen-bond acceptors (Lipinski definition) is 5. The second kappa shape index (κ2) is 7.82.